The van der Waals surface area contributed by atoms with Gasteiger partial charge in [0.15, 0.2) is 5.69 Å². The maximum Gasteiger partial charge on any atom is 0.435 e. The van der Waals surface area contributed by atoms with Gasteiger partial charge < -0.3 is 25.1 Å². The molecule has 258 valence electrons. The minimum absolute atomic E-state index is 0.0419. The molecule has 11 nitrogen and oxygen atoms in total. The third-order valence-corrected chi connectivity index (χ3v) is 7.90. The number of carbonyl (C=O) groups is 1. The van der Waals surface area contributed by atoms with Crippen LogP contribution in [0.5, 0.6) is 0 Å². The van der Waals surface area contributed by atoms with Crippen molar-refractivity contribution in [2.75, 3.05) is 44.8 Å². The highest BCUT2D eigenvalue weighted by Crippen LogP contribution is 2.29. The van der Waals surface area contributed by atoms with E-state index in [0.29, 0.717) is 37.5 Å². The fourth-order valence-electron chi connectivity index (χ4n) is 5.11. The van der Waals surface area contributed by atoms with Gasteiger partial charge in [-0.15, -0.1) is 0 Å². The number of hydrogen-bond acceptors (Lipinski definition) is 9. The third-order valence-electron chi connectivity index (χ3n) is 7.61. The van der Waals surface area contributed by atoms with Gasteiger partial charge in [0.2, 0.25) is 5.43 Å². The summed E-state index contributed by atoms with van der Waals surface area (Å²) in [6, 6.07) is 9.38. The SMILES string of the molecule is C=C(N=C/C(=C(\N)n1ccc(C(F)(F)F)n1)c1ccc2c(c1)c(=O)c(C(=O)OCC)cn2CCN1CCOCC1)Nc1ccc(F)c(Cl)c1. The number of benzene rings is 2. The predicted molar refractivity (Wildman–Crippen MR) is 179 cm³/mol. The van der Waals surface area contributed by atoms with Crippen LogP contribution in [0, 0.1) is 5.82 Å². The molecule has 1 fully saturated rings. The molecule has 4 aromatic rings. The Morgan fingerprint density at radius 2 is 1.94 bits per heavy atom. The van der Waals surface area contributed by atoms with Crippen molar-refractivity contribution < 1.29 is 31.8 Å². The zero-order chi connectivity index (χ0) is 35.3. The fourth-order valence-corrected chi connectivity index (χ4v) is 5.30. The molecule has 2 aromatic carbocycles. The molecular formula is C33H32ClF4N7O4. The summed E-state index contributed by atoms with van der Waals surface area (Å²) in [7, 11) is 0. The second kappa shape index (κ2) is 15.1. The molecule has 0 radical (unpaired) electrons. The molecule has 0 bridgehead atoms. The Labute approximate surface area is 282 Å². The summed E-state index contributed by atoms with van der Waals surface area (Å²) in [5.74, 6) is -1.64. The number of aromatic nitrogens is 3. The van der Waals surface area contributed by atoms with Crippen LogP contribution < -0.4 is 16.5 Å². The first-order valence-corrected chi connectivity index (χ1v) is 15.5. The van der Waals surface area contributed by atoms with Crippen molar-refractivity contribution in [3.63, 3.8) is 0 Å². The number of alkyl halides is 3. The number of nitrogens with one attached hydrogen (secondary N) is 1. The molecule has 5 rings (SSSR count). The Kier molecular flexibility index (Phi) is 10.9. The topological polar surface area (TPSA) is 129 Å². The van der Waals surface area contributed by atoms with E-state index in [2.05, 4.69) is 26.9 Å². The molecule has 3 N–H and O–H groups in total. The lowest BCUT2D eigenvalue weighted by molar-refractivity contribution is -0.141. The number of pyridine rings is 1. The molecule has 0 unspecified atom stereocenters. The summed E-state index contributed by atoms with van der Waals surface area (Å²) in [5.41, 5.74) is 5.65. The van der Waals surface area contributed by atoms with Gasteiger partial charge in [-0.05, 0) is 48.9 Å². The van der Waals surface area contributed by atoms with Crippen molar-refractivity contribution in [2.24, 2.45) is 10.7 Å². The van der Waals surface area contributed by atoms with Crippen molar-refractivity contribution >= 4 is 51.8 Å². The zero-order valence-electron chi connectivity index (χ0n) is 26.3. The molecule has 0 spiro atoms. The Bertz CT molecular complexity index is 2000. The number of allylic oxidation sites excluding steroid dienone is 1. The Morgan fingerprint density at radius 3 is 2.61 bits per heavy atom. The second-order valence-electron chi connectivity index (χ2n) is 10.9. The molecule has 49 heavy (non-hydrogen) atoms. The first-order chi connectivity index (χ1) is 23.3. The van der Waals surface area contributed by atoms with E-state index in [1.54, 1.807) is 23.6 Å². The summed E-state index contributed by atoms with van der Waals surface area (Å²) in [5, 5.41) is 6.42. The Hall–Kier alpha value is -4.99. The fraction of sp³-hybridized carbons (Fsp3) is 0.273. The van der Waals surface area contributed by atoms with Crippen LogP contribution in [0.1, 0.15) is 28.5 Å². The normalized spacial score (nSPS) is 14.7. The van der Waals surface area contributed by atoms with Gasteiger partial charge in [0.1, 0.15) is 23.0 Å². The monoisotopic (exact) mass is 701 g/mol. The highest BCUT2D eigenvalue weighted by atomic mass is 35.5. The van der Waals surface area contributed by atoms with E-state index in [4.69, 9.17) is 26.8 Å². The van der Waals surface area contributed by atoms with E-state index in [-0.39, 0.29) is 45.4 Å². The van der Waals surface area contributed by atoms with Crippen molar-refractivity contribution in [1.82, 2.24) is 19.2 Å². The number of halogens is 5. The summed E-state index contributed by atoms with van der Waals surface area (Å²) in [6.07, 6.45) is -0.988. The summed E-state index contributed by atoms with van der Waals surface area (Å²) in [6.45, 7) is 9.21. The number of carbonyl (C=O) groups excluding carboxylic acids is 1. The molecule has 1 aliphatic heterocycles. The maximum absolute atomic E-state index is 13.7. The van der Waals surface area contributed by atoms with E-state index >= 15 is 0 Å². The van der Waals surface area contributed by atoms with Gasteiger partial charge in [0, 0.05) is 61.4 Å². The second-order valence-corrected chi connectivity index (χ2v) is 11.3. The van der Waals surface area contributed by atoms with Gasteiger partial charge in [0.05, 0.1) is 30.4 Å². The van der Waals surface area contributed by atoms with Crippen LogP contribution in [0.25, 0.3) is 22.3 Å². The molecule has 2 aromatic heterocycles. The average molecular weight is 702 g/mol. The highest BCUT2D eigenvalue weighted by Gasteiger charge is 2.34. The van der Waals surface area contributed by atoms with Gasteiger partial charge in [-0.1, -0.05) is 24.2 Å². The van der Waals surface area contributed by atoms with Crippen molar-refractivity contribution in [3.05, 3.63) is 105 Å². The van der Waals surface area contributed by atoms with E-state index in [9.17, 15) is 27.2 Å². The molecule has 0 aliphatic carbocycles. The van der Waals surface area contributed by atoms with E-state index < -0.39 is 29.1 Å². The molecular weight excluding hydrogens is 670 g/mol. The number of anilines is 1. The molecule has 1 aliphatic rings. The number of hydrogen-bond donors (Lipinski definition) is 2. The summed E-state index contributed by atoms with van der Waals surface area (Å²) < 4.78 is 67.1. The zero-order valence-corrected chi connectivity index (χ0v) is 27.0. The molecule has 0 atom stereocenters. The van der Waals surface area contributed by atoms with Gasteiger partial charge in [-0.25, -0.2) is 18.9 Å². The van der Waals surface area contributed by atoms with Crippen LogP contribution >= 0.6 is 11.6 Å². The minimum Gasteiger partial charge on any atom is -0.462 e. The number of esters is 1. The summed E-state index contributed by atoms with van der Waals surface area (Å²) in [4.78, 5) is 33.1. The number of rotatable bonds is 11. The molecule has 1 saturated heterocycles. The molecule has 3 heterocycles. The van der Waals surface area contributed by atoms with Crippen LogP contribution in [0.3, 0.4) is 0 Å². The van der Waals surface area contributed by atoms with Gasteiger partial charge in [0.25, 0.3) is 0 Å². The van der Waals surface area contributed by atoms with Crippen LogP contribution in [0.2, 0.25) is 5.02 Å². The van der Waals surface area contributed by atoms with E-state index in [1.807, 2.05) is 0 Å². The number of fused-ring (bicyclic) bond motifs is 1. The van der Waals surface area contributed by atoms with E-state index in [1.165, 1.54) is 30.6 Å². The van der Waals surface area contributed by atoms with Crippen LogP contribution in [-0.4, -0.2) is 70.9 Å². The molecule has 16 heteroatoms. The van der Waals surface area contributed by atoms with Crippen molar-refractivity contribution in [2.45, 2.75) is 19.6 Å². The summed E-state index contributed by atoms with van der Waals surface area (Å²) >= 11 is 5.87. The Morgan fingerprint density at radius 1 is 1.18 bits per heavy atom. The number of nitrogens with zero attached hydrogens (tertiary/aromatic N) is 5. The number of nitrogens with two attached hydrogens (primary N) is 1. The van der Waals surface area contributed by atoms with Crippen LogP contribution in [0.15, 0.2) is 77.0 Å². The lowest BCUT2D eigenvalue weighted by atomic mass is 10.0. The highest BCUT2D eigenvalue weighted by molar-refractivity contribution is 6.31. The smallest absolute Gasteiger partial charge is 0.435 e. The predicted octanol–water partition coefficient (Wildman–Crippen LogP) is 5.46. The first-order valence-electron chi connectivity index (χ1n) is 15.1. The lowest BCUT2D eigenvalue weighted by Gasteiger charge is -2.27. The molecule has 0 saturated carbocycles. The van der Waals surface area contributed by atoms with Gasteiger partial charge in [-0.3, -0.25) is 9.69 Å². The Balaban J connectivity index is 1.60. The largest absolute Gasteiger partial charge is 0.462 e. The van der Waals surface area contributed by atoms with Crippen molar-refractivity contribution in [1.29, 1.82) is 0 Å². The van der Waals surface area contributed by atoms with E-state index in [0.717, 1.165) is 36.1 Å². The number of aliphatic imine (C=N–C) groups is 1. The van der Waals surface area contributed by atoms with Crippen LogP contribution in [0.4, 0.5) is 23.2 Å². The van der Waals surface area contributed by atoms with Gasteiger partial charge in [-0.2, -0.15) is 18.3 Å². The quantitative estimate of drug-likeness (QED) is 0.120. The number of ether oxygens (including phenoxy) is 2. The minimum atomic E-state index is -4.73. The standard InChI is InChI=1S/C33H32ClF4N7O4/c1-3-49-32(47)25-19-44(11-10-43-12-14-48-15-13-43)28-7-4-21(16-23(28)30(25)46)24(31(39)45-9-8-29(42-45)33(36,37)38)18-40-20(2)41-22-5-6-27(35)26(34)17-22/h4-9,16-19,41H,2-3,10-15,39H2,1H3/b31-24-,40-18?. The maximum atomic E-state index is 13.7. The average Bonchev–Trinajstić information content (AvgIpc) is 3.58. The van der Waals surface area contributed by atoms with Crippen LogP contribution in [-0.2, 0) is 22.2 Å². The number of morpholine rings is 1. The first kappa shape index (κ1) is 35.3. The third kappa shape index (κ3) is 8.36. The van der Waals surface area contributed by atoms with Crippen molar-refractivity contribution in [3.8, 4) is 0 Å². The molecule has 0 amide bonds. The van der Waals surface area contributed by atoms with Gasteiger partial charge >= 0.3 is 12.1 Å². The lowest BCUT2D eigenvalue weighted by Crippen LogP contribution is -2.38.